The van der Waals surface area contributed by atoms with Crippen molar-refractivity contribution in [3.63, 3.8) is 0 Å². The van der Waals surface area contributed by atoms with Crippen LogP contribution >= 0.6 is 23.2 Å². The molecule has 0 atom stereocenters. The first-order valence-electron chi connectivity index (χ1n) is 4.54. The second-order valence-corrected chi connectivity index (χ2v) is 4.14. The van der Waals surface area contributed by atoms with Gasteiger partial charge in [0.25, 0.3) is 0 Å². The average molecular weight is 277 g/mol. The van der Waals surface area contributed by atoms with Gasteiger partial charge >= 0.3 is 29.6 Å². The van der Waals surface area contributed by atoms with Crippen molar-refractivity contribution in [2.75, 3.05) is 0 Å². The van der Waals surface area contributed by atoms with Crippen molar-refractivity contribution < 1.29 is 34.7 Å². The van der Waals surface area contributed by atoms with Crippen LogP contribution in [-0.2, 0) is 0 Å². The molecule has 82 valence electrons. The fourth-order valence-electron chi connectivity index (χ4n) is 1.27. The molecule has 0 bridgehead atoms. The minimum Gasteiger partial charge on any atom is -0.857 e. The first kappa shape index (κ1) is 14.7. The molecule has 0 aliphatic carbocycles. The van der Waals surface area contributed by atoms with E-state index >= 15 is 0 Å². The van der Waals surface area contributed by atoms with Gasteiger partial charge < -0.3 is 5.11 Å². The van der Waals surface area contributed by atoms with Crippen LogP contribution in [0.4, 0.5) is 0 Å². The first-order valence-corrected chi connectivity index (χ1v) is 5.30. The summed E-state index contributed by atoms with van der Waals surface area (Å²) < 4.78 is 0. The van der Waals surface area contributed by atoms with E-state index in [1.165, 1.54) is 6.07 Å². The van der Waals surface area contributed by atoms with E-state index in [2.05, 4.69) is 10.2 Å². The van der Waals surface area contributed by atoms with Crippen LogP contribution in [0.5, 0.6) is 5.88 Å². The second-order valence-electron chi connectivity index (χ2n) is 3.32. The molecule has 0 radical (unpaired) electrons. The zero-order chi connectivity index (χ0) is 11.7. The third kappa shape index (κ3) is 3.33. The minimum atomic E-state index is -0.368. The number of hydrogen-bond donors (Lipinski definition) is 0. The van der Waals surface area contributed by atoms with Crippen LogP contribution in [0.15, 0.2) is 24.3 Å². The minimum absolute atomic E-state index is 0. The molecule has 2 rings (SSSR count). The molecule has 0 spiro atoms. The molecule has 1 aromatic carbocycles. The maximum atomic E-state index is 10.8. The summed E-state index contributed by atoms with van der Waals surface area (Å²) in [7, 11) is 0. The molecule has 3 nitrogen and oxygen atoms in total. The van der Waals surface area contributed by atoms with Crippen molar-refractivity contribution in [3.05, 3.63) is 39.9 Å². The summed E-state index contributed by atoms with van der Waals surface area (Å²) in [5.74, 6) is -0.368. The molecule has 0 fully saturated rings. The average Bonchev–Trinajstić information content (AvgIpc) is 2.26. The van der Waals surface area contributed by atoms with E-state index in [1.54, 1.807) is 18.2 Å². The van der Waals surface area contributed by atoms with E-state index < -0.39 is 0 Å². The zero-order valence-electron chi connectivity index (χ0n) is 9.37. The normalized spacial score (nSPS) is 9.82. The Bertz CT molecular complexity index is 508. The SMILES string of the molecule is Cc1c(Cl)cc(-c2ccc([O-])nn2)cc1Cl.[Na+]. The molecule has 6 heteroatoms. The van der Waals surface area contributed by atoms with Crippen molar-refractivity contribution in [2.24, 2.45) is 0 Å². The van der Waals surface area contributed by atoms with Gasteiger partial charge in [-0.2, -0.15) is 10.2 Å². The Morgan fingerprint density at radius 2 is 1.65 bits per heavy atom. The van der Waals surface area contributed by atoms with E-state index in [0.29, 0.717) is 15.7 Å². The van der Waals surface area contributed by atoms with Crippen LogP contribution < -0.4 is 34.7 Å². The Kier molecular flexibility index (Phi) is 5.22. The maximum absolute atomic E-state index is 10.8. The summed E-state index contributed by atoms with van der Waals surface area (Å²) in [5.41, 5.74) is 2.14. The van der Waals surface area contributed by atoms with Gasteiger partial charge in [-0.15, -0.1) is 0 Å². The standard InChI is InChI=1S/C11H8Cl2N2O.Na/c1-6-8(12)4-7(5-9(6)13)10-2-3-11(16)15-14-10;/h2-5H,1H3,(H,15,16);/q;+1/p-1. The van der Waals surface area contributed by atoms with Gasteiger partial charge in [0.05, 0.1) is 5.69 Å². The maximum Gasteiger partial charge on any atom is 1.00 e. The number of nitrogens with zero attached hydrogens (tertiary/aromatic N) is 2. The summed E-state index contributed by atoms with van der Waals surface area (Å²) in [6.45, 7) is 1.83. The zero-order valence-corrected chi connectivity index (χ0v) is 12.9. The van der Waals surface area contributed by atoms with Gasteiger partial charge in [-0.25, -0.2) is 0 Å². The van der Waals surface area contributed by atoms with E-state index in [4.69, 9.17) is 23.2 Å². The predicted molar refractivity (Wildman–Crippen MR) is 61.7 cm³/mol. The van der Waals surface area contributed by atoms with Crippen LogP contribution in [0.25, 0.3) is 11.3 Å². The molecule has 0 amide bonds. The van der Waals surface area contributed by atoms with Crippen molar-refractivity contribution in [1.29, 1.82) is 0 Å². The van der Waals surface area contributed by atoms with Crippen LogP contribution in [-0.4, -0.2) is 10.2 Å². The van der Waals surface area contributed by atoms with E-state index in [9.17, 15) is 5.11 Å². The Morgan fingerprint density at radius 3 is 2.12 bits per heavy atom. The van der Waals surface area contributed by atoms with Gasteiger partial charge in [-0.05, 0) is 36.8 Å². The molecule has 0 saturated carbocycles. The summed E-state index contributed by atoms with van der Waals surface area (Å²) in [6.07, 6.45) is 0. The van der Waals surface area contributed by atoms with Gasteiger partial charge in [-0.3, -0.25) is 0 Å². The van der Waals surface area contributed by atoms with Crippen LogP contribution in [0.3, 0.4) is 0 Å². The smallest absolute Gasteiger partial charge is 0.857 e. The topological polar surface area (TPSA) is 48.8 Å². The third-order valence-electron chi connectivity index (χ3n) is 2.22. The largest absolute Gasteiger partial charge is 1.00 e. The summed E-state index contributed by atoms with van der Waals surface area (Å²) in [6, 6.07) is 6.44. The van der Waals surface area contributed by atoms with Crippen molar-refractivity contribution in [3.8, 4) is 17.1 Å². The van der Waals surface area contributed by atoms with Crippen molar-refractivity contribution in [1.82, 2.24) is 10.2 Å². The predicted octanol–water partition coefficient (Wildman–Crippen LogP) is -0.164. The van der Waals surface area contributed by atoms with Crippen molar-refractivity contribution >= 4 is 23.2 Å². The van der Waals surface area contributed by atoms with Gasteiger partial charge in [0.2, 0.25) is 0 Å². The molecule has 0 aliphatic rings. The number of benzene rings is 1. The first-order chi connectivity index (χ1) is 7.58. The van der Waals surface area contributed by atoms with Crippen molar-refractivity contribution in [2.45, 2.75) is 6.92 Å². The Labute approximate surface area is 131 Å². The fraction of sp³-hybridized carbons (Fsp3) is 0.0909. The van der Waals surface area contributed by atoms with Gasteiger partial charge in [0.1, 0.15) is 0 Å². The Hall–Kier alpha value is -0.320. The van der Waals surface area contributed by atoms with E-state index in [-0.39, 0.29) is 35.4 Å². The van der Waals surface area contributed by atoms with Gasteiger partial charge in [0, 0.05) is 21.5 Å². The molecule has 1 heterocycles. The van der Waals surface area contributed by atoms with Gasteiger partial charge in [-0.1, -0.05) is 23.2 Å². The molecule has 17 heavy (non-hydrogen) atoms. The summed E-state index contributed by atoms with van der Waals surface area (Å²) in [4.78, 5) is 0. The van der Waals surface area contributed by atoms with E-state index in [1.807, 2.05) is 6.92 Å². The summed E-state index contributed by atoms with van der Waals surface area (Å²) in [5, 5.41) is 19.2. The fourth-order valence-corrected chi connectivity index (χ4v) is 1.75. The van der Waals surface area contributed by atoms with Crippen LogP contribution in [0, 0.1) is 6.92 Å². The van der Waals surface area contributed by atoms with Gasteiger partial charge in [0.15, 0.2) is 0 Å². The molecule has 1 aromatic heterocycles. The summed E-state index contributed by atoms with van der Waals surface area (Å²) >= 11 is 12.0. The third-order valence-corrected chi connectivity index (χ3v) is 3.00. The molecule has 2 aromatic rings. The Balaban J connectivity index is 0.00000144. The second kappa shape index (κ2) is 6.03. The molecular formula is C11H7Cl2N2NaO. The van der Waals surface area contributed by atoms with E-state index in [0.717, 1.165) is 11.1 Å². The monoisotopic (exact) mass is 276 g/mol. The molecule has 0 aliphatic heterocycles. The quantitative estimate of drug-likeness (QED) is 0.680. The molecule has 0 N–H and O–H groups in total. The van der Waals surface area contributed by atoms with Crippen LogP contribution in [0.1, 0.15) is 5.56 Å². The number of aromatic nitrogens is 2. The van der Waals surface area contributed by atoms with Crippen LogP contribution in [0.2, 0.25) is 10.0 Å². The number of hydrogen-bond acceptors (Lipinski definition) is 3. The number of rotatable bonds is 1. The molecule has 0 unspecified atom stereocenters. The molecule has 0 saturated heterocycles. The Morgan fingerprint density at radius 1 is 1.06 bits per heavy atom. The molecular weight excluding hydrogens is 270 g/mol. The number of halogens is 2.